The molecule has 3 aromatic rings. The zero-order valence-electron chi connectivity index (χ0n) is 18.7. The van der Waals surface area contributed by atoms with E-state index >= 15 is 0 Å². The lowest BCUT2D eigenvalue weighted by Crippen LogP contribution is -2.42. The minimum absolute atomic E-state index is 0.171. The van der Waals surface area contributed by atoms with Gasteiger partial charge in [-0.3, -0.25) is 9.36 Å². The summed E-state index contributed by atoms with van der Waals surface area (Å²) in [6.07, 6.45) is 3.37. The largest absolute Gasteiger partial charge is 0.339 e. The van der Waals surface area contributed by atoms with Gasteiger partial charge in [-0.25, -0.2) is 9.97 Å². The van der Waals surface area contributed by atoms with E-state index in [1.165, 1.54) is 18.2 Å². The van der Waals surface area contributed by atoms with Crippen LogP contribution < -0.4 is 0 Å². The number of piperidine rings is 1. The summed E-state index contributed by atoms with van der Waals surface area (Å²) in [5.41, 5.74) is 2.88. The van der Waals surface area contributed by atoms with Crippen molar-refractivity contribution in [1.29, 1.82) is 0 Å². The van der Waals surface area contributed by atoms with Crippen molar-refractivity contribution in [3.63, 3.8) is 0 Å². The van der Waals surface area contributed by atoms with Crippen molar-refractivity contribution >= 4 is 29.4 Å². The van der Waals surface area contributed by atoms with E-state index in [-0.39, 0.29) is 5.91 Å². The predicted octanol–water partition coefficient (Wildman–Crippen LogP) is 4.46. The van der Waals surface area contributed by atoms with Gasteiger partial charge in [-0.15, -0.1) is 10.2 Å². The highest BCUT2D eigenvalue weighted by Crippen LogP contribution is 2.27. The van der Waals surface area contributed by atoms with E-state index in [0.29, 0.717) is 17.5 Å². The van der Waals surface area contributed by atoms with Gasteiger partial charge in [0.25, 0.3) is 0 Å². The third kappa shape index (κ3) is 5.50. The van der Waals surface area contributed by atoms with Crippen LogP contribution in [0.3, 0.4) is 0 Å². The molecule has 0 spiro atoms. The molecule has 2 aromatic heterocycles. The standard InChI is InChI=1S/C23H28N6OS2/c1-16-13-17(2)25-22(24-16)31-14-20-26-27-23(29(20)19-10-5-4-6-11-19)32-15-21(30)28-12-8-7-9-18(28)3/h4-6,10-11,13,18H,7-9,12,14-15H2,1-3H3/t18-/m1/s1. The predicted molar refractivity (Wildman–Crippen MR) is 128 cm³/mol. The zero-order chi connectivity index (χ0) is 22.5. The van der Waals surface area contributed by atoms with Gasteiger partial charge < -0.3 is 4.90 Å². The number of benzene rings is 1. The number of amides is 1. The molecule has 1 atom stereocenters. The van der Waals surface area contributed by atoms with Crippen molar-refractivity contribution in [2.45, 2.75) is 62.1 Å². The van der Waals surface area contributed by atoms with Gasteiger partial charge in [-0.2, -0.15) is 0 Å². The third-order valence-corrected chi connectivity index (χ3v) is 7.21. The first kappa shape index (κ1) is 22.8. The molecule has 4 rings (SSSR count). The summed E-state index contributed by atoms with van der Waals surface area (Å²) in [5.74, 6) is 1.93. The molecule has 7 nitrogen and oxygen atoms in total. The Labute approximate surface area is 197 Å². The number of rotatable bonds is 7. The average molecular weight is 469 g/mol. The van der Waals surface area contributed by atoms with E-state index in [4.69, 9.17) is 0 Å². The Morgan fingerprint density at radius 1 is 1.06 bits per heavy atom. The van der Waals surface area contributed by atoms with Crippen molar-refractivity contribution in [2.75, 3.05) is 12.3 Å². The fourth-order valence-electron chi connectivity index (χ4n) is 3.89. The SMILES string of the molecule is Cc1cc(C)nc(SCc2nnc(SCC(=O)N3CCCC[C@H]3C)n2-c2ccccc2)n1. The summed E-state index contributed by atoms with van der Waals surface area (Å²) in [4.78, 5) is 23.9. The van der Waals surface area contributed by atoms with Crippen LogP contribution in [0.2, 0.25) is 0 Å². The summed E-state index contributed by atoms with van der Waals surface area (Å²) in [6, 6.07) is 12.3. The van der Waals surface area contributed by atoms with E-state index in [1.807, 2.05) is 59.7 Å². The third-order valence-electron chi connectivity index (χ3n) is 5.45. The number of hydrogen-bond acceptors (Lipinski definition) is 7. The number of hydrogen-bond donors (Lipinski definition) is 0. The van der Waals surface area contributed by atoms with Crippen LogP contribution in [0.1, 0.15) is 43.4 Å². The molecule has 0 aliphatic carbocycles. The number of nitrogens with zero attached hydrogens (tertiary/aromatic N) is 6. The van der Waals surface area contributed by atoms with Gasteiger partial charge in [-0.05, 0) is 58.2 Å². The van der Waals surface area contributed by atoms with Gasteiger partial charge in [0.15, 0.2) is 10.3 Å². The maximum Gasteiger partial charge on any atom is 0.233 e. The Balaban J connectivity index is 1.52. The maximum absolute atomic E-state index is 12.8. The van der Waals surface area contributed by atoms with Crippen LogP contribution in [0.5, 0.6) is 0 Å². The molecule has 1 amide bonds. The molecule has 168 valence electrons. The molecule has 0 radical (unpaired) electrons. The second-order valence-corrected chi connectivity index (χ2v) is 9.90. The molecule has 1 aliphatic rings. The summed E-state index contributed by atoms with van der Waals surface area (Å²) >= 11 is 2.99. The molecule has 32 heavy (non-hydrogen) atoms. The topological polar surface area (TPSA) is 76.8 Å². The smallest absolute Gasteiger partial charge is 0.233 e. The van der Waals surface area contributed by atoms with Gasteiger partial charge in [0.2, 0.25) is 5.91 Å². The summed E-state index contributed by atoms with van der Waals surface area (Å²) < 4.78 is 2.03. The molecule has 0 saturated carbocycles. The van der Waals surface area contributed by atoms with Crippen molar-refractivity contribution in [1.82, 2.24) is 29.6 Å². The number of aromatic nitrogens is 5. The van der Waals surface area contributed by atoms with Crippen LogP contribution in [0.4, 0.5) is 0 Å². The Morgan fingerprint density at radius 2 is 1.81 bits per heavy atom. The Hall–Kier alpha value is -2.39. The number of para-hydroxylation sites is 1. The first-order valence-corrected chi connectivity index (χ1v) is 12.9. The molecule has 0 bridgehead atoms. The van der Waals surface area contributed by atoms with Crippen LogP contribution in [-0.2, 0) is 10.5 Å². The van der Waals surface area contributed by atoms with Crippen molar-refractivity contribution in [3.05, 3.63) is 53.6 Å². The Morgan fingerprint density at radius 3 is 2.53 bits per heavy atom. The van der Waals surface area contributed by atoms with E-state index in [9.17, 15) is 4.79 Å². The number of carbonyl (C=O) groups is 1. The van der Waals surface area contributed by atoms with Crippen molar-refractivity contribution in [3.8, 4) is 5.69 Å². The van der Waals surface area contributed by atoms with E-state index < -0.39 is 0 Å². The summed E-state index contributed by atoms with van der Waals surface area (Å²) in [5, 5.41) is 10.3. The van der Waals surface area contributed by atoms with Crippen LogP contribution >= 0.6 is 23.5 Å². The molecule has 0 N–H and O–H groups in total. The van der Waals surface area contributed by atoms with Crippen molar-refractivity contribution in [2.24, 2.45) is 0 Å². The number of likely N-dealkylation sites (tertiary alicyclic amines) is 1. The average Bonchev–Trinajstić information content (AvgIpc) is 3.19. The molecular weight excluding hydrogens is 440 g/mol. The molecule has 1 fully saturated rings. The highest BCUT2D eigenvalue weighted by molar-refractivity contribution is 7.99. The van der Waals surface area contributed by atoms with Crippen LogP contribution in [0.15, 0.2) is 46.7 Å². The van der Waals surface area contributed by atoms with Gasteiger partial charge in [0.1, 0.15) is 5.82 Å². The molecule has 1 saturated heterocycles. The number of thioether (sulfide) groups is 2. The fourth-order valence-corrected chi connectivity index (χ4v) is 5.61. The van der Waals surface area contributed by atoms with Gasteiger partial charge >= 0.3 is 0 Å². The van der Waals surface area contributed by atoms with Gasteiger partial charge in [-0.1, -0.05) is 41.7 Å². The Bertz CT molecular complexity index is 1050. The Kier molecular flexibility index (Phi) is 7.47. The van der Waals surface area contributed by atoms with Gasteiger partial charge in [0, 0.05) is 29.7 Å². The fraction of sp³-hybridized carbons (Fsp3) is 0.435. The highest BCUT2D eigenvalue weighted by Gasteiger charge is 2.24. The molecule has 0 unspecified atom stereocenters. The van der Waals surface area contributed by atoms with Crippen LogP contribution in [0, 0.1) is 13.8 Å². The first-order chi connectivity index (χ1) is 15.5. The first-order valence-electron chi connectivity index (χ1n) is 10.9. The second-order valence-electron chi connectivity index (χ2n) is 8.01. The monoisotopic (exact) mass is 468 g/mol. The van der Waals surface area contributed by atoms with Crippen LogP contribution in [0.25, 0.3) is 5.69 Å². The maximum atomic E-state index is 12.8. The lowest BCUT2D eigenvalue weighted by Gasteiger charge is -2.33. The zero-order valence-corrected chi connectivity index (χ0v) is 20.3. The normalized spacial score (nSPS) is 16.3. The minimum Gasteiger partial charge on any atom is -0.339 e. The van der Waals surface area contributed by atoms with Crippen LogP contribution in [-0.4, -0.2) is 53.9 Å². The molecule has 9 heteroatoms. The van der Waals surface area contributed by atoms with E-state index in [2.05, 4.69) is 27.1 Å². The molecule has 1 aliphatic heterocycles. The summed E-state index contributed by atoms with van der Waals surface area (Å²) in [6.45, 7) is 6.93. The molecular formula is C23H28N6OS2. The lowest BCUT2D eigenvalue weighted by molar-refractivity contribution is -0.131. The quantitative estimate of drug-likeness (QED) is 0.374. The molecule has 1 aromatic carbocycles. The summed E-state index contributed by atoms with van der Waals surface area (Å²) in [7, 11) is 0. The van der Waals surface area contributed by atoms with E-state index in [1.54, 1.807) is 11.8 Å². The second kappa shape index (κ2) is 10.5. The number of aryl methyl sites for hydroxylation is 2. The lowest BCUT2D eigenvalue weighted by atomic mass is 10.0. The minimum atomic E-state index is 0.171. The number of carbonyl (C=O) groups excluding carboxylic acids is 1. The van der Waals surface area contributed by atoms with Crippen molar-refractivity contribution < 1.29 is 4.79 Å². The van der Waals surface area contributed by atoms with Gasteiger partial charge in [0.05, 0.1) is 11.5 Å². The molecule has 3 heterocycles. The van der Waals surface area contributed by atoms with E-state index in [0.717, 1.165) is 52.6 Å². The highest BCUT2D eigenvalue weighted by atomic mass is 32.2.